The third-order valence-electron chi connectivity index (χ3n) is 14.2. The first-order valence-corrected chi connectivity index (χ1v) is 21.5. The second-order valence-corrected chi connectivity index (χ2v) is 17.5. The van der Waals surface area contributed by atoms with Crippen LogP contribution in [0, 0.1) is 35.5 Å². The van der Waals surface area contributed by atoms with E-state index >= 15 is 4.79 Å². The lowest BCUT2D eigenvalue weighted by molar-refractivity contribution is -0.314. The summed E-state index contributed by atoms with van der Waals surface area (Å²) in [5.74, 6) is -0.121. The minimum atomic E-state index is -0.630. The minimum Gasteiger partial charge on any atom is -0.462 e. The lowest BCUT2D eigenvalue weighted by atomic mass is 9.64. The molecule has 7 rings (SSSR count). The van der Waals surface area contributed by atoms with Gasteiger partial charge in [0.1, 0.15) is 24.4 Å². The lowest BCUT2D eigenvalue weighted by Crippen LogP contribution is -2.59. The van der Waals surface area contributed by atoms with Gasteiger partial charge in [-0.05, 0) is 100 Å². The van der Waals surface area contributed by atoms with Crippen molar-refractivity contribution < 1.29 is 47.5 Å². The van der Waals surface area contributed by atoms with Crippen LogP contribution in [0.1, 0.15) is 104 Å². The molecular weight excluding hydrogens is 712 g/mol. The van der Waals surface area contributed by atoms with E-state index < -0.39 is 12.4 Å². The van der Waals surface area contributed by atoms with Crippen molar-refractivity contribution in [2.45, 2.75) is 160 Å². The SMILES string of the molecule is CC[C@H]1CCC[C@H](O[C@H]2CC[C@H](C)C(C)O2)[C@@H](C)C(=O)C2=C[C@@H]3[C@@H](C(c4ccccc4)C=C4C[C@@H](O[C@@H]5OC(C)[C@H](OC)C(OC)[C@@H]5OC)C[C@H]43)[C@@H]2CC(=O)O1. The quantitative estimate of drug-likeness (QED) is 0.183. The van der Waals surface area contributed by atoms with E-state index in [1.807, 2.05) is 19.9 Å². The molecule has 310 valence electrons. The van der Waals surface area contributed by atoms with Crippen molar-refractivity contribution in [3.05, 3.63) is 59.2 Å². The number of Topliss-reactive ketones (excluding diaryl/α,β-unsaturated/α-hetero) is 1. The van der Waals surface area contributed by atoms with Crippen LogP contribution < -0.4 is 0 Å². The number of hydrogen-bond donors (Lipinski definition) is 0. The van der Waals surface area contributed by atoms with E-state index in [4.69, 9.17) is 37.9 Å². The highest BCUT2D eigenvalue weighted by Gasteiger charge is 2.54. The second-order valence-electron chi connectivity index (χ2n) is 17.5. The van der Waals surface area contributed by atoms with E-state index in [2.05, 4.69) is 57.2 Å². The van der Waals surface area contributed by atoms with Gasteiger partial charge in [-0.3, -0.25) is 9.59 Å². The van der Waals surface area contributed by atoms with Crippen molar-refractivity contribution >= 4 is 11.8 Å². The summed E-state index contributed by atoms with van der Waals surface area (Å²) in [5.41, 5.74) is 3.29. The molecule has 3 heterocycles. The van der Waals surface area contributed by atoms with Crippen LogP contribution >= 0.6 is 0 Å². The fourth-order valence-electron chi connectivity index (χ4n) is 10.9. The first kappa shape index (κ1) is 41.7. The molecule has 0 radical (unpaired) electrons. The number of fused-ring (bicyclic) bond motifs is 5. The predicted octanol–water partition coefficient (Wildman–Crippen LogP) is 7.73. The van der Waals surface area contributed by atoms with Gasteiger partial charge >= 0.3 is 5.97 Å². The Morgan fingerprint density at radius 3 is 2.21 bits per heavy atom. The highest BCUT2D eigenvalue weighted by atomic mass is 16.7. The van der Waals surface area contributed by atoms with Gasteiger partial charge in [0.2, 0.25) is 0 Å². The van der Waals surface area contributed by atoms with Crippen LogP contribution in [0.25, 0.3) is 0 Å². The van der Waals surface area contributed by atoms with Crippen molar-refractivity contribution in [1.29, 1.82) is 0 Å². The fourth-order valence-corrected chi connectivity index (χ4v) is 10.9. The van der Waals surface area contributed by atoms with Crippen LogP contribution in [0.3, 0.4) is 0 Å². The highest BCUT2D eigenvalue weighted by molar-refractivity contribution is 5.99. The predicted molar refractivity (Wildman–Crippen MR) is 211 cm³/mol. The normalized spacial score (nSPS) is 43.3. The summed E-state index contributed by atoms with van der Waals surface area (Å²) in [5, 5.41) is 0. The number of benzene rings is 1. The zero-order valence-electron chi connectivity index (χ0n) is 34.8. The molecule has 4 unspecified atom stereocenters. The summed E-state index contributed by atoms with van der Waals surface area (Å²) in [4.78, 5) is 28.9. The highest BCUT2D eigenvalue weighted by Crippen LogP contribution is 2.59. The average molecular weight is 779 g/mol. The molecule has 10 heteroatoms. The number of rotatable bonds is 9. The maximum Gasteiger partial charge on any atom is 0.306 e. The summed E-state index contributed by atoms with van der Waals surface area (Å²) in [6.45, 7) is 10.4. The molecule has 0 amide bonds. The van der Waals surface area contributed by atoms with E-state index in [0.717, 1.165) is 50.5 Å². The van der Waals surface area contributed by atoms with E-state index in [1.54, 1.807) is 21.3 Å². The smallest absolute Gasteiger partial charge is 0.306 e. The van der Waals surface area contributed by atoms with Crippen molar-refractivity contribution in [2.75, 3.05) is 21.3 Å². The Labute approximate surface area is 334 Å². The molecule has 0 spiro atoms. The summed E-state index contributed by atoms with van der Waals surface area (Å²) >= 11 is 0. The maximum atomic E-state index is 15.0. The topological polar surface area (TPSA) is 108 Å². The molecule has 10 nitrogen and oxygen atoms in total. The third-order valence-corrected chi connectivity index (χ3v) is 14.2. The second kappa shape index (κ2) is 18.2. The molecule has 3 saturated heterocycles. The molecule has 1 saturated carbocycles. The largest absolute Gasteiger partial charge is 0.462 e. The molecular formula is C46H66O10. The summed E-state index contributed by atoms with van der Waals surface area (Å²) in [7, 11) is 4.98. The monoisotopic (exact) mass is 778 g/mol. The van der Waals surface area contributed by atoms with Gasteiger partial charge < -0.3 is 37.9 Å². The molecule has 0 bridgehead atoms. The van der Waals surface area contributed by atoms with E-state index in [-0.39, 0.29) is 103 Å². The third kappa shape index (κ3) is 8.50. The first-order valence-electron chi connectivity index (χ1n) is 21.5. The molecule has 0 N–H and O–H groups in total. The van der Waals surface area contributed by atoms with Gasteiger partial charge in [0.15, 0.2) is 18.4 Å². The summed E-state index contributed by atoms with van der Waals surface area (Å²) < 4.78 is 50.0. The maximum absolute atomic E-state index is 15.0. The van der Waals surface area contributed by atoms with Gasteiger partial charge in [-0.2, -0.15) is 0 Å². The van der Waals surface area contributed by atoms with Crippen molar-refractivity contribution in [3.63, 3.8) is 0 Å². The zero-order valence-corrected chi connectivity index (χ0v) is 34.8. The summed E-state index contributed by atoms with van der Waals surface area (Å²) in [6, 6.07) is 10.6. The Hall–Kier alpha value is -2.44. The molecule has 3 aliphatic carbocycles. The van der Waals surface area contributed by atoms with Crippen LogP contribution in [-0.2, 0) is 47.5 Å². The number of ether oxygens (including phenoxy) is 8. The van der Waals surface area contributed by atoms with Crippen molar-refractivity contribution in [1.82, 2.24) is 0 Å². The van der Waals surface area contributed by atoms with Crippen molar-refractivity contribution in [2.24, 2.45) is 35.5 Å². The lowest BCUT2D eigenvalue weighted by Gasteiger charge is -2.44. The molecule has 1 aromatic carbocycles. The van der Waals surface area contributed by atoms with Crippen LogP contribution in [-0.4, -0.2) is 94.5 Å². The molecule has 0 aromatic heterocycles. The van der Waals surface area contributed by atoms with Crippen LogP contribution in [0.15, 0.2) is 53.6 Å². The zero-order chi connectivity index (χ0) is 39.7. The Morgan fingerprint density at radius 1 is 0.768 bits per heavy atom. The van der Waals surface area contributed by atoms with Crippen LogP contribution in [0.4, 0.5) is 0 Å². The number of carbonyl (C=O) groups is 2. The molecule has 17 atom stereocenters. The Kier molecular flexibility index (Phi) is 13.6. The molecule has 3 aliphatic heterocycles. The number of carbonyl (C=O) groups excluding carboxylic acids is 2. The Bertz CT molecular complexity index is 1560. The number of esters is 1. The Balaban J connectivity index is 1.21. The Morgan fingerprint density at radius 2 is 1.52 bits per heavy atom. The van der Waals surface area contributed by atoms with Gasteiger partial charge in [0.25, 0.3) is 0 Å². The number of methoxy groups -OCH3 is 3. The van der Waals surface area contributed by atoms with Gasteiger partial charge in [0, 0.05) is 39.1 Å². The first-order chi connectivity index (χ1) is 27.0. The van der Waals surface area contributed by atoms with E-state index in [0.29, 0.717) is 12.3 Å². The number of ketones is 1. The van der Waals surface area contributed by atoms with E-state index in [9.17, 15) is 4.79 Å². The van der Waals surface area contributed by atoms with E-state index in [1.165, 1.54) is 11.1 Å². The van der Waals surface area contributed by atoms with Crippen LogP contribution in [0.2, 0.25) is 0 Å². The number of cyclic esters (lactones) is 1. The molecule has 56 heavy (non-hydrogen) atoms. The number of allylic oxidation sites excluding steroid dienone is 3. The summed E-state index contributed by atoms with van der Waals surface area (Å²) in [6.07, 6.45) is 8.42. The minimum absolute atomic E-state index is 0.00742. The van der Waals surface area contributed by atoms with Crippen LogP contribution in [0.5, 0.6) is 0 Å². The average Bonchev–Trinajstić information content (AvgIpc) is 3.78. The fraction of sp³-hybridized carbons (Fsp3) is 0.739. The van der Waals surface area contributed by atoms with Gasteiger partial charge in [-0.25, -0.2) is 0 Å². The molecule has 4 fully saturated rings. The van der Waals surface area contributed by atoms with Gasteiger partial charge in [-0.15, -0.1) is 0 Å². The van der Waals surface area contributed by atoms with Crippen molar-refractivity contribution in [3.8, 4) is 0 Å². The van der Waals surface area contributed by atoms with Gasteiger partial charge in [-0.1, -0.05) is 68.8 Å². The molecule has 1 aromatic rings. The standard InChI is InChI=1S/C46H66O10/c1-9-31-16-13-17-38(56-40-19-18-25(2)27(4)52-40)26(3)42(48)37-23-35-33-22-32(55-46-45(51-8)44(50-7)43(49-6)28(5)53-46)20-30(33)21-34(29-14-11-10-12-15-29)41(35)36(37)24-39(47)54-31/h10-12,14-15,21,23,25-28,31-36,38,40-41,43-46H,9,13,16-20,22,24H2,1-8H3/t25-,26+,27?,28?,31-,32+,33+,34?,35-,36+,38-,40-,41+,43-,44?,45-,46-/m0/s1. The van der Waals surface area contributed by atoms with Gasteiger partial charge in [0.05, 0.1) is 30.8 Å². The molecule has 6 aliphatic rings. The number of hydrogen-bond acceptors (Lipinski definition) is 10.